The Morgan fingerprint density at radius 1 is 1.24 bits per heavy atom. The molecule has 1 amide bonds. The van der Waals surface area contributed by atoms with Gasteiger partial charge < -0.3 is 14.8 Å². The number of carbonyl (C=O) groups excluding carboxylic acids is 1. The molecular weight excluding hydrogens is 316 g/mol. The lowest BCUT2D eigenvalue weighted by Crippen LogP contribution is -2.34. The average Bonchev–Trinajstić information content (AvgIpc) is 2.60. The summed E-state index contributed by atoms with van der Waals surface area (Å²) in [4.78, 5) is 12.2. The number of ether oxygens (including phenoxy) is 2. The molecule has 2 rings (SSSR count). The van der Waals surface area contributed by atoms with E-state index in [-0.39, 0.29) is 18.6 Å². The lowest BCUT2D eigenvalue weighted by Gasteiger charge is -2.20. The fraction of sp³-hybridized carbons (Fsp3) is 0.500. The molecule has 0 spiro atoms. The summed E-state index contributed by atoms with van der Waals surface area (Å²) in [6.45, 7) is -0.0324. The van der Waals surface area contributed by atoms with E-state index in [2.05, 4.69) is 5.32 Å². The summed E-state index contributed by atoms with van der Waals surface area (Å²) < 4.78 is 10.6. The van der Waals surface area contributed by atoms with Gasteiger partial charge in [-0.05, 0) is 36.6 Å². The van der Waals surface area contributed by atoms with Crippen molar-refractivity contribution in [1.29, 1.82) is 5.26 Å². The van der Waals surface area contributed by atoms with Crippen LogP contribution < -0.4 is 14.8 Å². The van der Waals surface area contributed by atoms with Gasteiger partial charge in [0.2, 0.25) is 5.91 Å². The Labute approximate surface area is 149 Å². The van der Waals surface area contributed by atoms with Gasteiger partial charge in [0, 0.05) is 12.1 Å². The highest BCUT2D eigenvalue weighted by atomic mass is 16.5. The molecule has 1 fully saturated rings. The van der Waals surface area contributed by atoms with Crippen molar-refractivity contribution in [2.45, 2.75) is 51.0 Å². The zero-order valence-corrected chi connectivity index (χ0v) is 14.8. The van der Waals surface area contributed by atoms with E-state index in [0.717, 1.165) is 18.4 Å². The second-order valence-electron chi connectivity index (χ2n) is 6.24. The molecule has 0 atom stereocenters. The largest absolute Gasteiger partial charge is 0.493 e. The highest BCUT2D eigenvalue weighted by Gasteiger charge is 2.12. The molecule has 0 saturated heterocycles. The third-order valence-corrected chi connectivity index (χ3v) is 4.36. The van der Waals surface area contributed by atoms with Crippen LogP contribution in [0.15, 0.2) is 24.3 Å². The summed E-state index contributed by atoms with van der Waals surface area (Å²) in [6.07, 6.45) is 11.7. The number of nitrogens with zero attached hydrogens (tertiary/aromatic N) is 1. The van der Waals surface area contributed by atoms with Gasteiger partial charge in [0.05, 0.1) is 7.11 Å². The molecule has 25 heavy (non-hydrogen) atoms. The van der Waals surface area contributed by atoms with Gasteiger partial charge in [-0.25, -0.2) is 0 Å². The molecule has 1 aliphatic carbocycles. The van der Waals surface area contributed by atoms with Crippen molar-refractivity contribution < 1.29 is 14.3 Å². The number of benzene rings is 1. The summed E-state index contributed by atoms with van der Waals surface area (Å²) in [5.41, 5.74) is 0.842. The number of carbonyl (C=O) groups is 1. The lowest BCUT2D eigenvalue weighted by atomic mass is 9.97. The molecule has 1 aliphatic rings. The second kappa shape index (κ2) is 10.4. The maximum atomic E-state index is 12.2. The summed E-state index contributed by atoms with van der Waals surface area (Å²) in [5, 5.41) is 11.7. The number of rotatable bonds is 6. The summed E-state index contributed by atoms with van der Waals surface area (Å²) in [6, 6.07) is 7.56. The zero-order valence-electron chi connectivity index (χ0n) is 14.8. The van der Waals surface area contributed by atoms with Gasteiger partial charge in [0.1, 0.15) is 6.07 Å². The van der Waals surface area contributed by atoms with E-state index in [1.807, 2.05) is 12.1 Å². The molecule has 1 aromatic rings. The number of methoxy groups -OCH3 is 1. The van der Waals surface area contributed by atoms with Crippen LogP contribution in [-0.2, 0) is 4.79 Å². The van der Waals surface area contributed by atoms with E-state index in [4.69, 9.17) is 14.7 Å². The Kier molecular flexibility index (Phi) is 7.84. The number of nitrogens with one attached hydrogen (secondary N) is 1. The minimum atomic E-state index is -0.0608. The lowest BCUT2D eigenvalue weighted by molar-refractivity contribution is -0.117. The summed E-state index contributed by atoms with van der Waals surface area (Å²) in [7, 11) is 1.55. The van der Waals surface area contributed by atoms with E-state index in [0.29, 0.717) is 11.5 Å². The highest BCUT2D eigenvalue weighted by Crippen LogP contribution is 2.28. The summed E-state index contributed by atoms with van der Waals surface area (Å²) >= 11 is 0. The van der Waals surface area contributed by atoms with Gasteiger partial charge >= 0.3 is 0 Å². The molecule has 1 aromatic carbocycles. The molecular formula is C20H26N2O3. The first-order valence-electron chi connectivity index (χ1n) is 8.89. The number of hydrogen-bond acceptors (Lipinski definition) is 4. The first-order chi connectivity index (χ1) is 12.2. The van der Waals surface area contributed by atoms with Crippen molar-refractivity contribution in [2.75, 3.05) is 13.7 Å². The molecule has 1 saturated carbocycles. The van der Waals surface area contributed by atoms with Crippen LogP contribution in [0.2, 0.25) is 0 Å². The van der Waals surface area contributed by atoms with Crippen molar-refractivity contribution in [3.8, 4) is 17.6 Å². The Morgan fingerprint density at radius 2 is 1.96 bits per heavy atom. The van der Waals surface area contributed by atoms with Crippen molar-refractivity contribution >= 4 is 12.0 Å². The second-order valence-corrected chi connectivity index (χ2v) is 6.24. The summed E-state index contributed by atoms with van der Waals surface area (Å²) in [5.74, 6) is 0.993. The standard InChI is InChI=1S/C20H26N2O3/c1-24-19-15-16(9-11-18(19)25-14-13-21)10-12-20(23)22-17-7-5-3-2-4-6-8-17/h9-12,15,17H,2-8,14H2,1H3,(H,22,23). The van der Waals surface area contributed by atoms with Crippen LogP contribution in [0.4, 0.5) is 0 Å². The third kappa shape index (κ3) is 6.50. The van der Waals surface area contributed by atoms with E-state index < -0.39 is 0 Å². The maximum absolute atomic E-state index is 12.2. The van der Waals surface area contributed by atoms with Crippen molar-refractivity contribution in [2.24, 2.45) is 0 Å². The monoisotopic (exact) mass is 342 g/mol. The molecule has 134 valence electrons. The third-order valence-electron chi connectivity index (χ3n) is 4.36. The van der Waals surface area contributed by atoms with Crippen LogP contribution >= 0.6 is 0 Å². The smallest absolute Gasteiger partial charge is 0.244 e. The quantitative estimate of drug-likeness (QED) is 0.797. The van der Waals surface area contributed by atoms with Gasteiger partial charge in [0.25, 0.3) is 0 Å². The van der Waals surface area contributed by atoms with E-state index in [9.17, 15) is 4.79 Å². The topological polar surface area (TPSA) is 71.3 Å². The van der Waals surface area contributed by atoms with Crippen molar-refractivity contribution in [1.82, 2.24) is 5.32 Å². The highest BCUT2D eigenvalue weighted by molar-refractivity contribution is 5.92. The van der Waals surface area contributed by atoms with Crippen molar-refractivity contribution in [3.63, 3.8) is 0 Å². The zero-order chi connectivity index (χ0) is 17.9. The van der Waals surface area contributed by atoms with Crippen LogP contribution in [0, 0.1) is 11.3 Å². The minimum absolute atomic E-state index is 0.0324. The molecule has 0 unspecified atom stereocenters. The molecule has 0 radical (unpaired) electrons. The Morgan fingerprint density at radius 3 is 2.64 bits per heavy atom. The fourth-order valence-electron chi connectivity index (χ4n) is 3.04. The normalized spacial score (nSPS) is 15.8. The molecule has 1 N–H and O–H groups in total. The number of amides is 1. The Hall–Kier alpha value is -2.48. The van der Waals surface area contributed by atoms with E-state index in [1.165, 1.54) is 32.1 Å². The molecule has 5 heteroatoms. The predicted molar refractivity (Wildman–Crippen MR) is 97.4 cm³/mol. The van der Waals surface area contributed by atoms with Crippen LogP contribution in [0.1, 0.15) is 50.5 Å². The van der Waals surface area contributed by atoms with E-state index >= 15 is 0 Å². The van der Waals surface area contributed by atoms with Gasteiger partial charge in [-0.1, -0.05) is 38.2 Å². The van der Waals surface area contributed by atoms with Gasteiger partial charge in [-0.2, -0.15) is 5.26 Å². The van der Waals surface area contributed by atoms with Crippen molar-refractivity contribution in [3.05, 3.63) is 29.8 Å². The van der Waals surface area contributed by atoms with Crippen LogP contribution in [0.3, 0.4) is 0 Å². The van der Waals surface area contributed by atoms with Gasteiger partial charge in [0.15, 0.2) is 18.1 Å². The Balaban J connectivity index is 1.93. The maximum Gasteiger partial charge on any atom is 0.244 e. The van der Waals surface area contributed by atoms with Crippen LogP contribution in [0.5, 0.6) is 11.5 Å². The minimum Gasteiger partial charge on any atom is -0.493 e. The first kappa shape index (κ1) is 18.9. The average molecular weight is 342 g/mol. The fourth-order valence-corrected chi connectivity index (χ4v) is 3.04. The molecule has 0 heterocycles. The number of hydrogen-bond donors (Lipinski definition) is 1. The molecule has 0 bridgehead atoms. The SMILES string of the molecule is COc1cc(C=CC(=O)NC2CCCCCCC2)ccc1OCC#N. The molecule has 0 aromatic heterocycles. The Bertz CT molecular complexity index is 626. The van der Waals surface area contributed by atoms with Crippen LogP contribution in [-0.4, -0.2) is 25.7 Å². The molecule has 5 nitrogen and oxygen atoms in total. The van der Waals surface area contributed by atoms with Crippen LogP contribution in [0.25, 0.3) is 6.08 Å². The predicted octanol–water partition coefficient (Wildman–Crippen LogP) is 3.84. The van der Waals surface area contributed by atoms with Gasteiger partial charge in [-0.15, -0.1) is 0 Å². The first-order valence-corrected chi connectivity index (χ1v) is 8.89. The van der Waals surface area contributed by atoms with Gasteiger partial charge in [-0.3, -0.25) is 4.79 Å². The number of nitriles is 1. The molecule has 0 aliphatic heterocycles. The van der Waals surface area contributed by atoms with E-state index in [1.54, 1.807) is 31.4 Å².